The van der Waals surface area contributed by atoms with Gasteiger partial charge >= 0.3 is 0 Å². The molecule has 1 unspecified atom stereocenters. The summed E-state index contributed by atoms with van der Waals surface area (Å²) in [4.78, 5) is 41.7. The number of imidazole rings is 1. The molecular formula is C13H21N5O3S. The number of primary amides is 1. The fourth-order valence-corrected chi connectivity index (χ4v) is 2.72. The zero-order valence-corrected chi connectivity index (χ0v) is 13.0. The average molecular weight is 327 g/mol. The Labute approximate surface area is 132 Å². The van der Waals surface area contributed by atoms with Crippen LogP contribution >= 0.6 is 11.8 Å². The van der Waals surface area contributed by atoms with Gasteiger partial charge in [0, 0.05) is 42.8 Å². The summed E-state index contributed by atoms with van der Waals surface area (Å²) >= 11 is 0.920. The Bertz CT molecular complexity index is 506. The number of carbonyl (C=O) groups is 3. The van der Waals surface area contributed by atoms with Crippen LogP contribution in [0.15, 0.2) is 12.5 Å². The molecule has 0 aliphatic carbocycles. The van der Waals surface area contributed by atoms with E-state index in [9.17, 15) is 14.4 Å². The SMILES string of the molecule is NCCC(=O)C[C@@H](Cc1cnc[nH]1)C(=O)SCC(N)C(N)=O. The second-order valence-corrected chi connectivity index (χ2v) is 5.92. The number of H-pyrrole nitrogens is 1. The smallest absolute Gasteiger partial charge is 0.235 e. The lowest BCUT2D eigenvalue weighted by Gasteiger charge is -2.14. The van der Waals surface area contributed by atoms with Gasteiger partial charge in [0.25, 0.3) is 0 Å². The van der Waals surface area contributed by atoms with E-state index in [2.05, 4.69) is 9.97 Å². The predicted octanol–water partition coefficient (Wildman–Crippen LogP) is -1.05. The van der Waals surface area contributed by atoms with Gasteiger partial charge in [0.2, 0.25) is 5.91 Å². The predicted molar refractivity (Wildman–Crippen MR) is 83.7 cm³/mol. The third-order valence-electron chi connectivity index (χ3n) is 3.02. The van der Waals surface area contributed by atoms with Gasteiger partial charge in [-0.1, -0.05) is 11.8 Å². The summed E-state index contributed by atoms with van der Waals surface area (Å²) in [7, 11) is 0. The van der Waals surface area contributed by atoms with Crippen molar-refractivity contribution in [3.8, 4) is 0 Å². The van der Waals surface area contributed by atoms with Crippen LogP contribution in [-0.4, -0.2) is 45.1 Å². The maximum Gasteiger partial charge on any atom is 0.235 e. The van der Waals surface area contributed by atoms with Crippen molar-refractivity contribution in [1.29, 1.82) is 0 Å². The van der Waals surface area contributed by atoms with E-state index in [1.165, 1.54) is 6.33 Å². The average Bonchev–Trinajstić information content (AvgIpc) is 2.96. The zero-order chi connectivity index (χ0) is 16.5. The molecule has 1 aromatic heterocycles. The minimum atomic E-state index is -0.888. The molecule has 0 fully saturated rings. The van der Waals surface area contributed by atoms with Crippen LogP contribution < -0.4 is 17.2 Å². The highest BCUT2D eigenvalue weighted by Crippen LogP contribution is 2.20. The Morgan fingerprint density at radius 3 is 2.64 bits per heavy atom. The number of ketones is 1. The van der Waals surface area contributed by atoms with E-state index in [0.29, 0.717) is 6.42 Å². The molecule has 2 atom stereocenters. The first-order chi connectivity index (χ1) is 10.4. The molecule has 7 N–H and O–H groups in total. The number of carbonyl (C=O) groups excluding carboxylic acids is 3. The maximum atomic E-state index is 12.3. The Morgan fingerprint density at radius 2 is 2.09 bits per heavy atom. The first kappa shape index (κ1) is 18.3. The molecule has 0 saturated carbocycles. The van der Waals surface area contributed by atoms with Crippen molar-refractivity contribution in [2.45, 2.75) is 25.3 Å². The molecule has 0 radical (unpaired) electrons. The van der Waals surface area contributed by atoms with Crippen molar-refractivity contribution in [2.24, 2.45) is 23.1 Å². The number of aromatic amines is 1. The van der Waals surface area contributed by atoms with Gasteiger partial charge in [0.15, 0.2) is 5.12 Å². The Balaban J connectivity index is 2.64. The van der Waals surface area contributed by atoms with Crippen LogP contribution in [0.5, 0.6) is 0 Å². The molecule has 9 heteroatoms. The van der Waals surface area contributed by atoms with E-state index in [1.807, 2.05) is 0 Å². The highest BCUT2D eigenvalue weighted by atomic mass is 32.2. The normalized spacial score (nSPS) is 13.5. The molecule has 1 heterocycles. The molecule has 0 saturated heterocycles. The summed E-state index contributed by atoms with van der Waals surface area (Å²) < 4.78 is 0. The summed E-state index contributed by atoms with van der Waals surface area (Å²) in [5.41, 5.74) is 16.7. The topological polar surface area (TPSA) is 158 Å². The fraction of sp³-hybridized carbons (Fsp3) is 0.538. The van der Waals surface area contributed by atoms with Crippen LogP contribution in [0.25, 0.3) is 0 Å². The minimum absolute atomic E-state index is 0.0693. The molecule has 0 aliphatic rings. The number of nitrogens with one attached hydrogen (secondary N) is 1. The lowest BCUT2D eigenvalue weighted by molar-refractivity contribution is -0.123. The van der Waals surface area contributed by atoms with E-state index in [-0.39, 0.29) is 36.0 Å². The van der Waals surface area contributed by atoms with Crippen molar-refractivity contribution in [3.63, 3.8) is 0 Å². The Hall–Kier alpha value is -1.71. The first-order valence-electron chi connectivity index (χ1n) is 6.84. The maximum absolute atomic E-state index is 12.3. The molecular weight excluding hydrogens is 306 g/mol. The van der Waals surface area contributed by atoms with Crippen molar-refractivity contribution in [3.05, 3.63) is 18.2 Å². The number of nitrogens with two attached hydrogens (primary N) is 3. The second-order valence-electron chi connectivity index (χ2n) is 4.90. The lowest BCUT2D eigenvalue weighted by atomic mass is 9.97. The van der Waals surface area contributed by atoms with E-state index in [1.54, 1.807) is 6.20 Å². The molecule has 1 rings (SSSR count). The molecule has 22 heavy (non-hydrogen) atoms. The number of thioether (sulfide) groups is 1. The van der Waals surface area contributed by atoms with Gasteiger partial charge in [-0.25, -0.2) is 4.98 Å². The standard InChI is InChI=1S/C13H21N5O3S/c14-2-1-10(19)4-8(3-9-5-17-7-18-9)13(21)22-6-11(15)12(16)20/h5,7-8,11H,1-4,6,14-15H2,(H2,16,20)(H,17,18)/t8-,11?/m1/s1. The number of hydrogen-bond donors (Lipinski definition) is 4. The third-order valence-corrected chi connectivity index (χ3v) is 4.17. The van der Waals surface area contributed by atoms with Crippen LogP contribution in [-0.2, 0) is 20.8 Å². The summed E-state index contributed by atoms with van der Waals surface area (Å²) in [6, 6.07) is -0.888. The van der Waals surface area contributed by atoms with Gasteiger partial charge in [-0.3, -0.25) is 14.4 Å². The molecule has 0 aromatic carbocycles. The van der Waals surface area contributed by atoms with Gasteiger partial charge in [0.05, 0.1) is 12.4 Å². The van der Waals surface area contributed by atoms with Gasteiger partial charge in [-0.2, -0.15) is 0 Å². The van der Waals surface area contributed by atoms with Crippen molar-refractivity contribution in [1.82, 2.24) is 9.97 Å². The Kier molecular flexibility index (Phi) is 7.78. The molecule has 1 amide bonds. The number of nitrogens with zero attached hydrogens (tertiary/aromatic N) is 1. The summed E-state index contributed by atoms with van der Waals surface area (Å²) in [6.07, 6.45) is 3.82. The summed E-state index contributed by atoms with van der Waals surface area (Å²) in [6.45, 7) is 0.253. The van der Waals surface area contributed by atoms with Crippen LogP contribution in [0.4, 0.5) is 0 Å². The van der Waals surface area contributed by atoms with Crippen LogP contribution in [0, 0.1) is 5.92 Å². The molecule has 1 aromatic rings. The van der Waals surface area contributed by atoms with Crippen LogP contribution in [0.3, 0.4) is 0 Å². The number of aromatic nitrogens is 2. The number of hydrogen-bond acceptors (Lipinski definition) is 7. The quantitative estimate of drug-likeness (QED) is 0.426. The number of amides is 1. The fourth-order valence-electron chi connectivity index (χ4n) is 1.81. The lowest BCUT2D eigenvalue weighted by Crippen LogP contribution is -2.39. The number of rotatable bonds is 10. The van der Waals surface area contributed by atoms with E-state index in [0.717, 1.165) is 17.5 Å². The van der Waals surface area contributed by atoms with E-state index >= 15 is 0 Å². The highest BCUT2D eigenvalue weighted by Gasteiger charge is 2.24. The van der Waals surface area contributed by atoms with Crippen LogP contribution in [0.1, 0.15) is 18.5 Å². The summed E-state index contributed by atoms with van der Waals surface area (Å²) in [5.74, 6) is -1.15. The second kappa shape index (κ2) is 9.34. The largest absolute Gasteiger partial charge is 0.368 e. The van der Waals surface area contributed by atoms with Crippen molar-refractivity contribution >= 4 is 28.6 Å². The highest BCUT2D eigenvalue weighted by molar-refractivity contribution is 8.13. The number of Topliss-reactive ketones (excluding diaryl/α,β-unsaturated/α-hetero) is 1. The zero-order valence-electron chi connectivity index (χ0n) is 12.2. The van der Waals surface area contributed by atoms with Crippen LogP contribution in [0.2, 0.25) is 0 Å². The molecule has 8 nitrogen and oxygen atoms in total. The van der Waals surface area contributed by atoms with Gasteiger partial charge < -0.3 is 22.2 Å². The molecule has 0 bridgehead atoms. The third kappa shape index (κ3) is 6.37. The van der Waals surface area contributed by atoms with Crippen molar-refractivity contribution < 1.29 is 14.4 Å². The van der Waals surface area contributed by atoms with E-state index < -0.39 is 17.9 Å². The Morgan fingerprint density at radius 1 is 1.36 bits per heavy atom. The minimum Gasteiger partial charge on any atom is -0.368 e. The van der Waals surface area contributed by atoms with Gasteiger partial charge in [0.1, 0.15) is 5.78 Å². The molecule has 0 spiro atoms. The van der Waals surface area contributed by atoms with E-state index in [4.69, 9.17) is 17.2 Å². The molecule has 0 aliphatic heterocycles. The van der Waals surface area contributed by atoms with Gasteiger partial charge in [-0.15, -0.1) is 0 Å². The monoisotopic (exact) mass is 327 g/mol. The van der Waals surface area contributed by atoms with Gasteiger partial charge in [-0.05, 0) is 6.54 Å². The molecule has 122 valence electrons. The summed E-state index contributed by atoms with van der Waals surface area (Å²) in [5, 5.41) is -0.198. The first-order valence-corrected chi connectivity index (χ1v) is 7.83. The van der Waals surface area contributed by atoms with Crippen molar-refractivity contribution in [2.75, 3.05) is 12.3 Å².